The lowest BCUT2D eigenvalue weighted by Gasteiger charge is -2.05. The van der Waals surface area contributed by atoms with Gasteiger partial charge in [-0.05, 0) is 23.8 Å². The third kappa shape index (κ3) is 4.23. The second-order valence-corrected chi connectivity index (χ2v) is 2.82. The maximum atomic E-state index is 10.3. The topological polar surface area (TPSA) is 55.8 Å². The monoisotopic (exact) mass is 244 g/mol. The van der Waals surface area contributed by atoms with Crippen molar-refractivity contribution in [1.29, 1.82) is 0 Å². The molecule has 88 valence electrons. The Hall–Kier alpha value is -1.68. The van der Waals surface area contributed by atoms with Gasteiger partial charge in [0.15, 0.2) is 0 Å². The molecule has 0 unspecified atom stereocenters. The predicted molar refractivity (Wildman–Crippen MR) is 63.5 cm³/mol. The smallest absolute Gasteiger partial charge is 0.328 e. The van der Waals surface area contributed by atoms with Crippen molar-refractivity contribution in [1.82, 2.24) is 0 Å². The van der Waals surface area contributed by atoms with Crippen molar-refractivity contribution in [2.24, 2.45) is 0 Å². The van der Waals surface area contributed by atoms with Gasteiger partial charge in [-0.2, -0.15) is 0 Å². The molecule has 1 aromatic rings. The maximum absolute atomic E-state index is 10.3. The highest BCUT2D eigenvalue weighted by Crippen LogP contribution is 2.23. The number of methoxy groups -OCH3 is 2. The molecule has 0 heterocycles. The van der Waals surface area contributed by atoms with E-state index in [4.69, 9.17) is 14.6 Å². The van der Waals surface area contributed by atoms with Gasteiger partial charge in [0.25, 0.3) is 0 Å². The van der Waals surface area contributed by atoms with Gasteiger partial charge in [-0.25, -0.2) is 4.79 Å². The van der Waals surface area contributed by atoms with E-state index in [1.54, 1.807) is 32.4 Å². The standard InChI is InChI=1S/C11H12O4.ClH/c1-14-9-5-8(3-4-11(12)13)6-10(7-9)15-2;/h3-7H,1-2H3,(H,12,13);1H/b4-3+;. The summed E-state index contributed by atoms with van der Waals surface area (Å²) in [4.78, 5) is 10.3. The summed E-state index contributed by atoms with van der Waals surface area (Å²) < 4.78 is 10.1. The first-order valence-electron chi connectivity index (χ1n) is 4.30. The Morgan fingerprint density at radius 1 is 1.19 bits per heavy atom. The SMILES string of the molecule is COc1cc(/C=C/C(=O)O)cc(OC)c1.Cl. The number of carboxylic acid groups (broad SMARTS) is 1. The van der Waals surface area contributed by atoms with Crippen molar-refractivity contribution in [2.45, 2.75) is 0 Å². The van der Waals surface area contributed by atoms with Gasteiger partial charge in [-0.1, -0.05) is 0 Å². The number of carboxylic acids is 1. The summed E-state index contributed by atoms with van der Waals surface area (Å²) in [7, 11) is 3.08. The van der Waals surface area contributed by atoms with Crippen LogP contribution in [0, 0.1) is 0 Å². The Morgan fingerprint density at radius 2 is 1.69 bits per heavy atom. The Bertz CT molecular complexity index is 365. The zero-order valence-electron chi connectivity index (χ0n) is 8.97. The molecule has 1 rings (SSSR count). The molecule has 0 radical (unpaired) electrons. The molecule has 1 aromatic carbocycles. The minimum absolute atomic E-state index is 0. The van der Waals surface area contributed by atoms with Crippen LogP contribution in [0.2, 0.25) is 0 Å². The van der Waals surface area contributed by atoms with Gasteiger partial charge < -0.3 is 14.6 Å². The van der Waals surface area contributed by atoms with Gasteiger partial charge in [0.05, 0.1) is 14.2 Å². The molecule has 0 spiro atoms. The quantitative estimate of drug-likeness (QED) is 0.826. The van der Waals surface area contributed by atoms with Crippen LogP contribution in [0.3, 0.4) is 0 Å². The molecule has 0 aliphatic carbocycles. The maximum Gasteiger partial charge on any atom is 0.328 e. The lowest BCUT2D eigenvalue weighted by Crippen LogP contribution is -1.89. The first-order valence-corrected chi connectivity index (χ1v) is 4.30. The summed E-state index contributed by atoms with van der Waals surface area (Å²) in [6.07, 6.45) is 2.54. The lowest BCUT2D eigenvalue weighted by molar-refractivity contribution is -0.131. The van der Waals surface area contributed by atoms with Crippen LogP contribution in [0.4, 0.5) is 0 Å². The van der Waals surface area contributed by atoms with Gasteiger partial charge in [-0.15, -0.1) is 12.4 Å². The first kappa shape index (κ1) is 14.3. The number of hydrogen-bond acceptors (Lipinski definition) is 3. The molecule has 5 heteroatoms. The van der Waals surface area contributed by atoms with Crippen LogP contribution >= 0.6 is 12.4 Å². The van der Waals surface area contributed by atoms with Gasteiger partial charge in [0.1, 0.15) is 11.5 Å². The fraction of sp³-hybridized carbons (Fsp3) is 0.182. The molecule has 0 atom stereocenters. The molecule has 0 aromatic heterocycles. The van der Waals surface area contributed by atoms with Crippen LogP contribution in [-0.4, -0.2) is 25.3 Å². The summed E-state index contributed by atoms with van der Waals surface area (Å²) in [5.74, 6) is 0.260. The number of hydrogen-bond donors (Lipinski definition) is 1. The van der Waals surface area contributed by atoms with Gasteiger partial charge >= 0.3 is 5.97 Å². The second kappa shape index (κ2) is 6.74. The Balaban J connectivity index is 0.00000225. The molecule has 0 fully saturated rings. The van der Waals surface area contributed by atoms with Crippen molar-refractivity contribution in [3.05, 3.63) is 29.8 Å². The van der Waals surface area contributed by atoms with Crippen LogP contribution in [0.15, 0.2) is 24.3 Å². The van der Waals surface area contributed by atoms with E-state index in [1.165, 1.54) is 6.08 Å². The highest BCUT2D eigenvalue weighted by Gasteiger charge is 1.99. The van der Waals surface area contributed by atoms with Crippen LogP contribution < -0.4 is 9.47 Å². The molecule has 4 nitrogen and oxygen atoms in total. The van der Waals surface area contributed by atoms with E-state index < -0.39 is 5.97 Å². The van der Waals surface area contributed by atoms with Gasteiger partial charge in [0.2, 0.25) is 0 Å². The first-order chi connectivity index (χ1) is 7.15. The zero-order valence-corrected chi connectivity index (χ0v) is 9.78. The van der Waals surface area contributed by atoms with E-state index in [-0.39, 0.29) is 12.4 Å². The van der Waals surface area contributed by atoms with E-state index in [0.29, 0.717) is 17.1 Å². The number of carbonyl (C=O) groups is 1. The Kier molecular flexibility index (Phi) is 6.03. The molecule has 0 aliphatic rings. The number of halogens is 1. The summed E-state index contributed by atoms with van der Waals surface area (Å²) in [6.45, 7) is 0. The Morgan fingerprint density at radius 3 is 2.06 bits per heavy atom. The highest BCUT2D eigenvalue weighted by molar-refractivity contribution is 5.85. The van der Waals surface area contributed by atoms with Crippen LogP contribution in [0.25, 0.3) is 6.08 Å². The lowest BCUT2D eigenvalue weighted by atomic mass is 10.2. The molecule has 0 saturated carbocycles. The van der Waals surface area contributed by atoms with Crippen molar-refractivity contribution in [3.8, 4) is 11.5 Å². The third-order valence-corrected chi connectivity index (χ3v) is 1.79. The summed E-state index contributed by atoms with van der Waals surface area (Å²) in [5, 5.41) is 8.48. The average molecular weight is 245 g/mol. The van der Waals surface area contributed by atoms with Crippen molar-refractivity contribution in [2.75, 3.05) is 14.2 Å². The molecule has 0 saturated heterocycles. The minimum atomic E-state index is -0.989. The van der Waals surface area contributed by atoms with Crippen LogP contribution in [-0.2, 0) is 4.79 Å². The zero-order chi connectivity index (χ0) is 11.3. The molecule has 0 aliphatic heterocycles. The number of benzene rings is 1. The van der Waals surface area contributed by atoms with Crippen LogP contribution in [0.1, 0.15) is 5.56 Å². The number of ether oxygens (including phenoxy) is 2. The molecular weight excluding hydrogens is 232 g/mol. The Labute approximate surface area is 99.9 Å². The molecule has 0 bridgehead atoms. The molecule has 16 heavy (non-hydrogen) atoms. The highest BCUT2D eigenvalue weighted by atomic mass is 35.5. The number of rotatable bonds is 4. The van der Waals surface area contributed by atoms with Gasteiger partial charge in [0, 0.05) is 12.1 Å². The second-order valence-electron chi connectivity index (χ2n) is 2.82. The van der Waals surface area contributed by atoms with Crippen LogP contribution in [0.5, 0.6) is 11.5 Å². The van der Waals surface area contributed by atoms with Gasteiger partial charge in [-0.3, -0.25) is 0 Å². The van der Waals surface area contributed by atoms with E-state index in [0.717, 1.165) is 6.08 Å². The molecule has 1 N–H and O–H groups in total. The fourth-order valence-electron chi connectivity index (χ4n) is 1.09. The summed E-state index contributed by atoms with van der Waals surface area (Å²) in [6, 6.07) is 5.17. The van der Waals surface area contributed by atoms with Crippen molar-refractivity contribution < 1.29 is 19.4 Å². The fourth-order valence-corrected chi connectivity index (χ4v) is 1.09. The number of aliphatic carboxylic acids is 1. The largest absolute Gasteiger partial charge is 0.497 e. The van der Waals surface area contributed by atoms with E-state index in [2.05, 4.69) is 0 Å². The minimum Gasteiger partial charge on any atom is -0.497 e. The summed E-state index contributed by atoms with van der Waals surface area (Å²) in [5.41, 5.74) is 0.716. The summed E-state index contributed by atoms with van der Waals surface area (Å²) >= 11 is 0. The predicted octanol–water partition coefficient (Wildman–Crippen LogP) is 2.22. The third-order valence-electron chi connectivity index (χ3n) is 1.79. The van der Waals surface area contributed by atoms with E-state index >= 15 is 0 Å². The molecule has 0 amide bonds. The average Bonchev–Trinajstić information content (AvgIpc) is 2.25. The van der Waals surface area contributed by atoms with Crippen molar-refractivity contribution in [3.63, 3.8) is 0 Å². The normalized spacial score (nSPS) is 9.62. The molecular formula is C11H13ClO4. The van der Waals surface area contributed by atoms with E-state index in [1.807, 2.05) is 0 Å². The van der Waals surface area contributed by atoms with E-state index in [9.17, 15) is 4.79 Å². The van der Waals surface area contributed by atoms with Crippen molar-refractivity contribution >= 4 is 24.5 Å².